The fraction of sp³-hybridized carbons (Fsp3) is 0.167. The Bertz CT molecular complexity index is 811. The quantitative estimate of drug-likeness (QED) is 0.567. The molecule has 1 N–H and O–H groups in total. The van der Waals surface area contributed by atoms with Crippen LogP contribution in [-0.2, 0) is 14.3 Å². The molecule has 0 aliphatic heterocycles. The minimum Gasteiger partial charge on any atom is -0.449 e. The largest absolute Gasteiger partial charge is 0.449 e. The molecule has 0 unspecified atom stereocenters. The number of nitrogens with zero attached hydrogens (tertiary/aromatic N) is 1. The number of anilines is 1. The van der Waals surface area contributed by atoms with Gasteiger partial charge in [-0.3, -0.25) is 4.79 Å². The number of benzene rings is 1. The van der Waals surface area contributed by atoms with Gasteiger partial charge in [0.1, 0.15) is 11.6 Å². The van der Waals surface area contributed by atoms with Crippen LogP contribution in [0.1, 0.15) is 12.5 Å². The van der Waals surface area contributed by atoms with Gasteiger partial charge in [-0.05, 0) is 42.8 Å². The molecule has 0 aliphatic rings. The molecule has 2 aromatic rings. The third kappa shape index (κ3) is 7.02. The molecule has 1 amide bonds. The highest BCUT2D eigenvalue weighted by Gasteiger charge is 2.17. The monoisotopic (exact) mass is 396 g/mol. The number of carbonyl (C=O) groups excluding carboxylic acids is 2. The Morgan fingerprint density at radius 2 is 1.89 bits per heavy atom. The topological polar surface area (TPSA) is 77.5 Å². The standard InChI is InChI=1S/C18H15ClF2N2O4/c1-11(17(25)23-15-8-5-13(19)10-22-15)26-16(24)9-4-12-2-6-14(7-3-12)27-18(20)21/h2-11,18H,1H3,(H,22,23,25)/b9-4+/t11-/m0/s1. The molecular weight excluding hydrogens is 382 g/mol. The smallest absolute Gasteiger partial charge is 0.387 e. The van der Waals surface area contributed by atoms with Gasteiger partial charge in [-0.25, -0.2) is 9.78 Å². The van der Waals surface area contributed by atoms with Gasteiger partial charge in [0.25, 0.3) is 5.91 Å². The molecule has 9 heteroatoms. The van der Waals surface area contributed by atoms with Crippen LogP contribution in [0, 0.1) is 0 Å². The summed E-state index contributed by atoms with van der Waals surface area (Å²) in [6.45, 7) is -1.50. The maximum atomic E-state index is 12.1. The Labute approximate surface area is 158 Å². The molecule has 142 valence electrons. The first-order valence-electron chi connectivity index (χ1n) is 7.69. The van der Waals surface area contributed by atoms with Gasteiger partial charge in [0.2, 0.25) is 0 Å². The summed E-state index contributed by atoms with van der Waals surface area (Å²) in [5.41, 5.74) is 0.566. The van der Waals surface area contributed by atoms with Crippen molar-refractivity contribution in [2.45, 2.75) is 19.6 Å². The van der Waals surface area contributed by atoms with Crippen molar-refractivity contribution in [2.24, 2.45) is 0 Å². The highest BCUT2D eigenvalue weighted by molar-refractivity contribution is 6.30. The zero-order chi connectivity index (χ0) is 19.8. The van der Waals surface area contributed by atoms with E-state index in [-0.39, 0.29) is 11.6 Å². The number of halogens is 3. The second kappa shape index (κ2) is 9.63. The number of amides is 1. The van der Waals surface area contributed by atoms with E-state index >= 15 is 0 Å². The second-order valence-corrected chi connectivity index (χ2v) is 5.65. The average Bonchev–Trinajstić information content (AvgIpc) is 2.62. The molecule has 1 aromatic carbocycles. The first kappa shape index (κ1) is 20.3. The van der Waals surface area contributed by atoms with E-state index in [0.29, 0.717) is 10.6 Å². The lowest BCUT2D eigenvalue weighted by Gasteiger charge is -2.11. The Balaban J connectivity index is 1.85. The zero-order valence-electron chi connectivity index (χ0n) is 14.1. The number of esters is 1. The van der Waals surface area contributed by atoms with Crippen LogP contribution in [0.3, 0.4) is 0 Å². The SMILES string of the molecule is C[C@H](OC(=O)/C=C/c1ccc(OC(F)F)cc1)C(=O)Nc1ccc(Cl)cn1. The third-order valence-corrected chi connectivity index (χ3v) is 3.38. The average molecular weight is 397 g/mol. The predicted molar refractivity (Wildman–Crippen MR) is 95.5 cm³/mol. The van der Waals surface area contributed by atoms with Crippen molar-refractivity contribution in [1.82, 2.24) is 4.98 Å². The Morgan fingerprint density at radius 1 is 1.19 bits per heavy atom. The molecule has 0 spiro atoms. The first-order chi connectivity index (χ1) is 12.8. The highest BCUT2D eigenvalue weighted by Crippen LogP contribution is 2.16. The minimum atomic E-state index is -2.91. The van der Waals surface area contributed by atoms with Crippen LogP contribution in [-0.4, -0.2) is 29.6 Å². The summed E-state index contributed by atoms with van der Waals surface area (Å²) in [6, 6.07) is 8.73. The van der Waals surface area contributed by atoms with Crippen LogP contribution in [0.15, 0.2) is 48.7 Å². The Kier molecular flexibility index (Phi) is 7.25. The normalized spacial score (nSPS) is 12.0. The molecule has 0 bridgehead atoms. The molecule has 1 aromatic heterocycles. The zero-order valence-corrected chi connectivity index (χ0v) is 14.8. The number of alkyl halides is 2. The van der Waals surface area contributed by atoms with Gasteiger partial charge in [-0.15, -0.1) is 0 Å². The molecule has 2 rings (SSSR count). The summed E-state index contributed by atoms with van der Waals surface area (Å²) >= 11 is 5.70. The lowest BCUT2D eigenvalue weighted by Crippen LogP contribution is -2.29. The number of ether oxygens (including phenoxy) is 2. The maximum absolute atomic E-state index is 12.1. The second-order valence-electron chi connectivity index (χ2n) is 5.21. The van der Waals surface area contributed by atoms with Gasteiger partial charge in [0.15, 0.2) is 6.10 Å². The van der Waals surface area contributed by atoms with Crippen LogP contribution in [0.5, 0.6) is 5.75 Å². The highest BCUT2D eigenvalue weighted by atomic mass is 35.5. The fourth-order valence-electron chi connectivity index (χ4n) is 1.87. The van der Waals surface area contributed by atoms with Gasteiger partial charge >= 0.3 is 12.6 Å². The van der Waals surface area contributed by atoms with E-state index in [9.17, 15) is 18.4 Å². The van der Waals surface area contributed by atoms with E-state index in [0.717, 1.165) is 6.08 Å². The number of pyridine rings is 1. The summed E-state index contributed by atoms with van der Waals surface area (Å²) in [4.78, 5) is 27.7. The Morgan fingerprint density at radius 3 is 2.48 bits per heavy atom. The van der Waals surface area contributed by atoms with Crippen LogP contribution in [0.2, 0.25) is 5.02 Å². The third-order valence-electron chi connectivity index (χ3n) is 3.16. The van der Waals surface area contributed by atoms with Crippen molar-refractivity contribution in [1.29, 1.82) is 0 Å². The van der Waals surface area contributed by atoms with Crippen molar-refractivity contribution in [2.75, 3.05) is 5.32 Å². The van der Waals surface area contributed by atoms with Gasteiger partial charge in [0, 0.05) is 12.3 Å². The van der Waals surface area contributed by atoms with E-state index in [2.05, 4.69) is 15.0 Å². The number of carbonyl (C=O) groups is 2. The van der Waals surface area contributed by atoms with E-state index in [1.54, 1.807) is 6.07 Å². The molecule has 0 fully saturated rings. The van der Waals surface area contributed by atoms with Gasteiger partial charge in [-0.2, -0.15) is 8.78 Å². The number of nitrogens with one attached hydrogen (secondary N) is 1. The molecule has 0 saturated heterocycles. The number of hydrogen-bond donors (Lipinski definition) is 1. The van der Waals surface area contributed by atoms with Gasteiger partial charge < -0.3 is 14.8 Å². The van der Waals surface area contributed by atoms with Crippen molar-refractivity contribution in [3.8, 4) is 5.75 Å². The van der Waals surface area contributed by atoms with E-state index in [4.69, 9.17) is 16.3 Å². The first-order valence-corrected chi connectivity index (χ1v) is 8.07. The van der Waals surface area contributed by atoms with Crippen molar-refractivity contribution >= 4 is 35.4 Å². The van der Waals surface area contributed by atoms with Gasteiger partial charge in [-0.1, -0.05) is 23.7 Å². The summed E-state index contributed by atoms with van der Waals surface area (Å²) in [5, 5.41) is 2.91. The van der Waals surface area contributed by atoms with E-state index < -0.39 is 24.6 Å². The van der Waals surface area contributed by atoms with Gasteiger partial charge in [0.05, 0.1) is 5.02 Å². The van der Waals surface area contributed by atoms with Crippen LogP contribution < -0.4 is 10.1 Å². The van der Waals surface area contributed by atoms with Crippen molar-refractivity contribution < 1.29 is 27.8 Å². The molecule has 1 atom stereocenters. The number of aromatic nitrogens is 1. The predicted octanol–water partition coefficient (Wildman–Crippen LogP) is 3.92. The summed E-state index contributed by atoms with van der Waals surface area (Å²) in [5.74, 6) is -1.02. The Hall–Kier alpha value is -3.00. The van der Waals surface area contributed by atoms with Crippen LogP contribution >= 0.6 is 11.6 Å². The van der Waals surface area contributed by atoms with E-state index in [1.165, 1.54) is 49.5 Å². The maximum Gasteiger partial charge on any atom is 0.387 e. The van der Waals surface area contributed by atoms with Crippen LogP contribution in [0.4, 0.5) is 14.6 Å². The van der Waals surface area contributed by atoms with Crippen LogP contribution in [0.25, 0.3) is 6.08 Å². The fourth-order valence-corrected chi connectivity index (χ4v) is 1.98. The molecular formula is C18H15ClF2N2O4. The van der Waals surface area contributed by atoms with E-state index in [1.807, 2.05) is 0 Å². The summed E-state index contributed by atoms with van der Waals surface area (Å²) in [7, 11) is 0. The molecule has 6 nitrogen and oxygen atoms in total. The van der Waals surface area contributed by atoms with Crippen molar-refractivity contribution in [3.05, 3.63) is 59.3 Å². The minimum absolute atomic E-state index is 0.00540. The molecule has 0 saturated carbocycles. The summed E-state index contributed by atoms with van der Waals surface area (Å²) < 4.78 is 33.4. The molecule has 0 radical (unpaired) electrons. The lowest BCUT2D eigenvalue weighted by atomic mass is 10.2. The summed E-state index contributed by atoms with van der Waals surface area (Å²) in [6.07, 6.45) is 2.85. The number of rotatable bonds is 7. The molecule has 1 heterocycles. The molecule has 27 heavy (non-hydrogen) atoms. The number of hydrogen-bond acceptors (Lipinski definition) is 5. The molecule has 0 aliphatic carbocycles. The lowest BCUT2D eigenvalue weighted by molar-refractivity contribution is -0.148. The van der Waals surface area contributed by atoms with Crippen molar-refractivity contribution in [3.63, 3.8) is 0 Å².